The van der Waals surface area contributed by atoms with Gasteiger partial charge in [0.15, 0.2) is 0 Å². The Balaban J connectivity index is 1.77. The summed E-state index contributed by atoms with van der Waals surface area (Å²) in [5.41, 5.74) is 2.84. The molecule has 0 unspecified atom stereocenters. The van der Waals surface area contributed by atoms with Crippen LogP contribution >= 0.6 is 0 Å². The highest BCUT2D eigenvalue weighted by Gasteiger charge is 2.10. The Kier molecular flexibility index (Phi) is 3.74. The molecule has 0 fully saturated rings. The van der Waals surface area contributed by atoms with Crippen molar-refractivity contribution >= 4 is 24.9 Å². The Morgan fingerprint density at radius 1 is 0.950 bits per heavy atom. The van der Waals surface area contributed by atoms with Crippen molar-refractivity contribution in [1.82, 2.24) is 4.57 Å². The van der Waals surface area contributed by atoms with Crippen molar-refractivity contribution in [3.05, 3.63) is 66.4 Å². The molecule has 1 heterocycles. The van der Waals surface area contributed by atoms with Gasteiger partial charge in [-0.2, -0.15) is 0 Å². The lowest BCUT2D eigenvalue weighted by Crippen LogP contribution is -2.26. The van der Waals surface area contributed by atoms with E-state index in [1.54, 1.807) is 5.19 Å². The number of nitrogens with zero attached hydrogens (tertiary/aromatic N) is 1. The first-order valence-corrected chi connectivity index (χ1v) is 9.88. The normalized spacial score (nSPS) is 12.7. The summed E-state index contributed by atoms with van der Waals surface area (Å²) in [6.45, 7) is 2.46. The topological polar surface area (TPSA) is 4.93 Å². The number of hydrogen-bond acceptors (Lipinski definition) is 0. The molecule has 0 radical (unpaired) electrons. The lowest BCUT2D eigenvalue weighted by molar-refractivity contribution is 0.953. The molecular weight excluding hydrogens is 258 g/mol. The number of hydrogen-bond donors (Lipinski definition) is 0. The van der Waals surface area contributed by atoms with E-state index in [0.29, 0.717) is 0 Å². The molecular formula is C18H21NSi. The van der Waals surface area contributed by atoms with Gasteiger partial charge in [0.1, 0.15) is 0 Å². The van der Waals surface area contributed by atoms with Crippen molar-refractivity contribution in [2.45, 2.75) is 19.0 Å². The summed E-state index contributed by atoms with van der Waals surface area (Å²) in [7, 11) is 1.33. The third-order valence-corrected chi connectivity index (χ3v) is 6.87. The second kappa shape index (κ2) is 5.67. The molecule has 0 bridgehead atoms. The van der Waals surface area contributed by atoms with Crippen molar-refractivity contribution in [3.63, 3.8) is 0 Å². The fraction of sp³-hybridized carbons (Fsp3) is 0.222. The maximum atomic E-state index is 2.46. The maximum absolute atomic E-state index is 2.46. The van der Waals surface area contributed by atoms with E-state index in [9.17, 15) is 0 Å². The van der Waals surface area contributed by atoms with Crippen molar-refractivity contribution in [1.29, 1.82) is 0 Å². The lowest BCUT2D eigenvalue weighted by atomic mass is 10.1. The largest absolute Gasteiger partial charge is 0.350 e. The Morgan fingerprint density at radius 3 is 2.45 bits per heavy atom. The van der Waals surface area contributed by atoms with Crippen LogP contribution in [0.1, 0.15) is 5.56 Å². The predicted octanol–water partition coefficient (Wildman–Crippen LogP) is 3.48. The van der Waals surface area contributed by atoms with Crippen LogP contribution in [0.4, 0.5) is 0 Å². The van der Waals surface area contributed by atoms with Gasteiger partial charge in [-0.1, -0.05) is 66.3 Å². The molecule has 0 amide bonds. The minimum Gasteiger partial charge on any atom is -0.350 e. The number of fused-ring (bicyclic) bond motifs is 1. The second-order valence-corrected chi connectivity index (χ2v) is 8.68. The number of benzene rings is 2. The molecule has 0 aliphatic heterocycles. The Morgan fingerprint density at radius 2 is 1.65 bits per heavy atom. The van der Waals surface area contributed by atoms with Crippen molar-refractivity contribution in [2.75, 3.05) is 0 Å². The van der Waals surface area contributed by atoms with E-state index < -0.39 is 8.80 Å². The van der Waals surface area contributed by atoms with Crippen LogP contribution in [0.15, 0.2) is 60.8 Å². The van der Waals surface area contributed by atoms with E-state index in [2.05, 4.69) is 79.0 Å². The van der Waals surface area contributed by atoms with Gasteiger partial charge in [0, 0.05) is 24.1 Å². The van der Waals surface area contributed by atoms with Crippen LogP contribution in [0, 0.1) is 0 Å². The minimum atomic E-state index is -0.811. The molecule has 20 heavy (non-hydrogen) atoms. The van der Waals surface area contributed by atoms with Gasteiger partial charge >= 0.3 is 0 Å². The van der Waals surface area contributed by atoms with Crippen LogP contribution in [0.2, 0.25) is 12.6 Å². The standard InChI is InChI=1S/C18H21NSi/c1-19-14-15(17-10-6-7-11-18(17)19)12-13-20(2)16-8-4-3-5-9-16/h3-11,14,20H,12-13H2,1-2H3/t20-/m1/s1. The second-order valence-electron chi connectivity index (χ2n) is 5.63. The van der Waals surface area contributed by atoms with E-state index in [0.717, 1.165) is 0 Å². The summed E-state index contributed by atoms with van der Waals surface area (Å²) >= 11 is 0. The van der Waals surface area contributed by atoms with Crippen LogP contribution in [-0.2, 0) is 13.5 Å². The van der Waals surface area contributed by atoms with Gasteiger partial charge in [0.2, 0.25) is 0 Å². The zero-order valence-corrected chi connectivity index (χ0v) is 13.4. The van der Waals surface area contributed by atoms with Gasteiger partial charge in [-0.15, -0.1) is 0 Å². The molecule has 0 spiro atoms. The maximum Gasteiger partial charge on any atom is 0.0681 e. The molecule has 102 valence electrons. The van der Waals surface area contributed by atoms with Gasteiger partial charge in [0.25, 0.3) is 0 Å². The Hall–Kier alpha value is -1.80. The molecule has 0 saturated carbocycles. The molecule has 1 aromatic heterocycles. The van der Waals surface area contributed by atoms with Crippen molar-refractivity contribution in [2.24, 2.45) is 7.05 Å². The van der Waals surface area contributed by atoms with Gasteiger partial charge in [0.05, 0.1) is 8.80 Å². The smallest absolute Gasteiger partial charge is 0.0681 e. The molecule has 0 aliphatic carbocycles. The van der Waals surface area contributed by atoms with E-state index in [4.69, 9.17) is 0 Å². The zero-order chi connectivity index (χ0) is 13.9. The minimum absolute atomic E-state index is 0.811. The van der Waals surface area contributed by atoms with E-state index >= 15 is 0 Å². The van der Waals surface area contributed by atoms with Gasteiger partial charge in [-0.25, -0.2) is 0 Å². The molecule has 1 nitrogen and oxygen atoms in total. The first-order chi connectivity index (χ1) is 9.75. The monoisotopic (exact) mass is 279 g/mol. The summed E-state index contributed by atoms with van der Waals surface area (Å²) in [5, 5.41) is 3.00. The van der Waals surface area contributed by atoms with Gasteiger partial charge in [-0.05, 0) is 18.1 Å². The molecule has 0 saturated heterocycles. The number of para-hydroxylation sites is 1. The first-order valence-electron chi connectivity index (χ1n) is 7.33. The summed E-state index contributed by atoms with van der Waals surface area (Å²) in [4.78, 5) is 0. The molecule has 2 heteroatoms. The number of rotatable bonds is 4. The number of aromatic nitrogens is 1. The quantitative estimate of drug-likeness (QED) is 0.644. The van der Waals surface area contributed by atoms with Crippen LogP contribution in [0.25, 0.3) is 10.9 Å². The Bertz CT molecular complexity index is 700. The average molecular weight is 279 g/mol. The Labute approximate surface area is 122 Å². The third kappa shape index (κ3) is 2.56. The third-order valence-electron chi connectivity index (χ3n) is 4.19. The molecule has 0 aliphatic rings. The summed E-state index contributed by atoms with van der Waals surface area (Å²) < 4.78 is 2.25. The van der Waals surface area contributed by atoms with E-state index in [1.165, 1.54) is 28.9 Å². The molecule has 3 aromatic rings. The van der Waals surface area contributed by atoms with Gasteiger partial charge < -0.3 is 4.57 Å². The lowest BCUT2D eigenvalue weighted by Gasteiger charge is -2.09. The summed E-state index contributed by atoms with van der Waals surface area (Å²) in [6, 6.07) is 21.1. The highest BCUT2D eigenvalue weighted by atomic mass is 28.3. The zero-order valence-electron chi connectivity index (χ0n) is 12.2. The van der Waals surface area contributed by atoms with Crippen LogP contribution in [-0.4, -0.2) is 13.4 Å². The van der Waals surface area contributed by atoms with E-state index in [1.807, 2.05) is 0 Å². The molecule has 2 aromatic carbocycles. The molecule has 0 N–H and O–H groups in total. The SMILES string of the molecule is Cn1cc(CC[Si@@H](C)c2ccccc2)c2ccccc21. The van der Waals surface area contributed by atoms with Crippen molar-refractivity contribution in [3.8, 4) is 0 Å². The van der Waals surface area contributed by atoms with Crippen molar-refractivity contribution < 1.29 is 0 Å². The van der Waals surface area contributed by atoms with Crippen LogP contribution in [0.5, 0.6) is 0 Å². The number of aryl methyl sites for hydroxylation is 2. The molecule has 3 rings (SSSR count). The summed E-state index contributed by atoms with van der Waals surface area (Å²) in [5.74, 6) is 0. The van der Waals surface area contributed by atoms with Gasteiger partial charge in [-0.3, -0.25) is 0 Å². The first kappa shape index (κ1) is 13.2. The molecule has 1 atom stereocenters. The van der Waals surface area contributed by atoms with Crippen LogP contribution in [0.3, 0.4) is 0 Å². The fourth-order valence-electron chi connectivity index (χ4n) is 2.95. The predicted molar refractivity (Wildman–Crippen MR) is 90.5 cm³/mol. The summed E-state index contributed by atoms with van der Waals surface area (Å²) in [6.07, 6.45) is 3.50. The van der Waals surface area contributed by atoms with E-state index in [-0.39, 0.29) is 0 Å². The highest BCUT2D eigenvalue weighted by Crippen LogP contribution is 2.22. The highest BCUT2D eigenvalue weighted by molar-refractivity contribution is 6.72. The fourth-order valence-corrected chi connectivity index (χ4v) is 4.90. The van der Waals surface area contributed by atoms with Crippen LogP contribution < -0.4 is 5.19 Å². The average Bonchev–Trinajstić information content (AvgIpc) is 2.83.